The Balaban J connectivity index is 1.97. The number of ether oxygens (including phenoxy) is 1. The Kier molecular flexibility index (Phi) is 4.13. The van der Waals surface area contributed by atoms with Gasteiger partial charge >= 0.3 is 0 Å². The molecule has 0 fully saturated rings. The van der Waals surface area contributed by atoms with Gasteiger partial charge < -0.3 is 4.74 Å². The summed E-state index contributed by atoms with van der Waals surface area (Å²) in [5.74, 6) is 0. The zero-order chi connectivity index (χ0) is 13.4. The molecule has 1 unspecified atom stereocenters. The number of fused-ring (bicyclic) bond motifs is 1. The molecule has 3 rings (SSSR count). The SMILES string of the molecule is Brc1ccc(C(Br)c2ccc3c(c2)COC3)c(Br)c1. The smallest absolute Gasteiger partial charge is 0.0725 e. The summed E-state index contributed by atoms with van der Waals surface area (Å²) in [6.07, 6.45) is 0. The number of alkyl halides is 1. The van der Waals surface area contributed by atoms with E-state index in [9.17, 15) is 0 Å². The highest BCUT2D eigenvalue weighted by molar-refractivity contribution is 9.11. The molecule has 2 aromatic carbocycles. The highest BCUT2D eigenvalue weighted by Gasteiger charge is 2.17. The van der Waals surface area contributed by atoms with Crippen LogP contribution < -0.4 is 0 Å². The molecule has 0 bridgehead atoms. The maximum Gasteiger partial charge on any atom is 0.0725 e. The molecule has 0 saturated heterocycles. The predicted molar refractivity (Wildman–Crippen MR) is 87.5 cm³/mol. The van der Waals surface area contributed by atoms with E-state index in [2.05, 4.69) is 84.2 Å². The molecule has 0 radical (unpaired) electrons. The number of rotatable bonds is 2. The first kappa shape index (κ1) is 13.8. The zero-order valence-corrected chi connectivity index (χ0v) is 14.8. The first-order chi connectivity index (χ1) is 9.15. The largest absolute Gasteiger partial charge is 0.372 e. The van der Waals surface area contributed by atoms with E-state index in [0.29, 0.717) is 0 Å². The summed E-state index contributed by atoms with van der Waals surface area (Å²) in [5.41, 5.74) is 5.09. The Labute approximate surface area is 137 Å². The Morgan fingerprint density at radius 2 is 1.74 bits per heavy atom. The molecular formula is C15H11Br3O. The minimum atomic E-state index is 0.181. The summed E-state index contributed by atoms with van der Waals surface area (Å²) < 4.78 is 7.64. The second kappa shape index (κ2) is 5.68. The number of halogens is 3. The Morgan fingerprint density at radius 3 is 2.53 bits per heavy atom. The van der Waals surface area contributed by atoms with Crippen LogP contribution in [0.15, 0.2) is 45.3 Å². The van der Waals surface area contributed by atoms with E-state index in [-0.39, 0.29) is 4.83 Å². The van der Waals surface area contributed by atoms with Crippen molar-refractivity contribution in [1.82, 2.24) is 0 Å². The third-order valence-corrected chi connectivity index (χ3v) is 5.48. The minimum absolute atomic E-state index is 0.181. The van der Waals surface area contributed by atoms with Crippen LogP contribution in [0.2, 0.25) is 0 Å². The summed E-state index contributed by atoms with van der Waals surface area (Å²) in [7, 11) is 0. The first-order valence-electron chi connectivity index (χ1n) is 5.93. The van der Waals surface area contributed by atoms with Crippen molar-refractivity contribution in [2.24, 2.45) is 0 Å². The van der Waals surface area contributed by atoms with Gasteiger partial charge in [0.05, 0.1) is 18.0 Å². The lowest BCUT2D eigenvalue weighted by Gasteiger charge is -2.14. The topological polar surface area (TPSA) is 9.23 Å². The molecule has 0 N–H and O–H groups in total. The normalized spacial score (nSPS) is 15.3. The molecule has 0 aliphatic carbocycles. The van der Waals surface area contributed by atoms with E-state index in [1.54, 1.807) is 0 Å². The summed E-state index contributed by atoms with van der Waals surface area (Å²) in [5, 5.41) is 0. The lowest BCUT2D eigenvalue weighted by atomic mass is 10.0. The van der Waals surface area contributed by atoms with Gasteiger partial charge in [-0.05, 0) is 34.4 Å². The molecule has 1 aliphatic heterocycles. The summed E-state index contributed by atoms with van der Waals surface area (Å²) in [6.45, 7) is 1.47. The number of benzene rings is 2. The van der Waals surface area contributed by atoms with Crippen LogP contribution in [-0.2, 0) is 18.0 Å². The molecule has 4 heteroatoms. The zero-order valence-electron chi connectivity index (χ0n) is 10.00. The number of hydrogen-bond donors (Lipinski definition) is 0. The lowest BCUT2D eigenvalue weighted by Crippen LogP contribution is -1.96. The van der Waals surface area contributed by atoms with Crippen molar-refractivity contribution in [3.63, 3.8) is 0 Å². The van der Waals surface area contributed by atoms with Crippen LogP contribution in [0, 0.1) is 0 Å². The fourth-order valence-corrected chi connectivity index (χ4v) is 4.50. The molecule has 2 aromatic rings. The van der Waals surface area contributed by atoms with Gasteiger partial charge in [-0.2, -0.15) is 0 Å². The van der Waals surface area contributed by atoms with Crippen molar-refractivity contribution in [3.05, 3.63) is 67.6 Å². The fraction of sp³-hybridized carbons (Fsp3) is 0.200. The van der Waals surface area contributed by atoms with Gasteiger partial charge in [-0.25, -0.2) is 0 Å². The van der Waals surface area contributed by atoms with Crippen LogP contribution in [0.3, 0.4) is 0 Å². The van der Waals surface area contributed by atoms with Crippen LogP contribution in [-0.4, -0.2) is 0 Å². The standard InChI is InChI=1S/C15H11Br3O/c16-12-3-4-13(14(17)6-12)15(18)9-1-2-10-7-19-8-11(10)5-9/h1-6,15H,7-8H2. The van der Waals surface area contributed by atoms with Gasteiger partial charge in [-0.15, -0.1) is 0 Å². The lowest BCUT2D eigenvalue weighted by molar-refractivity contribution is 0.134. The average molecular weight is 447 g/mol. The molecule has 0 amide bonds. The van der Waals surface area contributed by atoms with Crippen molar-refractivity contribution >= 4 is 47.8 Å². The number of hydrogen-bond acceptors (Lipinski definition) is 1. The highest BCUT2D eigenvalue weighted by atomic mass is 79.9. The first-order valence-corrected chi connectivity index (χ1v) is 8.44. The Bertz CT molecular complexity index is 625. The second-order valence-electron chi connectivity index (χ2n) is 4.55. The van der Waals surface area contributed by atoms with Crippen LogP contribution in [0.4, 0.5) is 0 Å². The molecule has 0 aromatic heterocycles. The van der Waals surface area contributed by atoms with Crippen LogP contribution in [0.5, 0.6) is 0 Å². The molecule has 0 saturated carbocycles. The molecule has 1 atom stereocenters. The van der Waals surface area contributed by atoms with Gasteiger partial charge in [0.15, 0.2) is 0 Å². The Morgan fingerprint density at radius 1 is 0.947 bits per heavy atom. The van der Waals surface area contributed by atoms with Crippen molar-refractivity contribution in [2.75, 3.05) is 0 Å². The molecular weight excluding hydrogens is 436 g/mol. The van der Waals surface area contributed by atoms with E-state index in [4.69, 9.17) is 4.74 Å². The van der Waals surface area contributed by atoms with Gasteiger partial charge in [-0.1, -0.05) is 72.1 Å². The predicted octanol–water partition coefficient (Wildman–Crippen LogP) is 5.73. The van der Waals surface area contributed by atoms with E-state index >= 15 is 0 Å². The molecule has 19 heavy (non-hydrogen) atoms. The molecule has 1 heterocycles. The monoisotopic (exact) mass is 444 g/mol. The maximum absolute atomic E-state index is 5.46. The van der Waals surface area contributed by atoms with Gasteiger partial charge in [0.2, 0.25) is 0 Å². The maximum atomic E-state index is 5.46. The van der Waals surface area contributed by atoms with Crippen molar-refractivity contribution in [1.29, 1.82) is 0 Å². The summed E-state index contributed by atoms with van der Waals surface area (Å²) in [4.78, 5) is 0.181. The molecule has 1 aliphatic rings. The third-order valence-electron chi connectivity index (χ3n) is 3.27. The second-order valence-corrected chi connectivity index (χ2v) is 7.24. The van der Waals surface area contributed by atoms with Crippen molar-refractivity contribution in [2.45, 2.75) is 18.0 Å². The fourth-order valence-electron chi connectivity index (χ4n) is 2.24. The Hall–Kier alpha value is -0.160. The quantitative estimate of drug-likeness (QED) is 0.535. The van der Waals surface area contributed by atoms with Gasteiger partial charge in [0.25, 0.3) is 0 Å². The third kappa shape index (κ3) is 2.82. The van der Waals surface area contributed by atoms with E-state index in [1.807, 2.05) is 0 Å². The van der Waals surface area contributed by atoms with Crippen LogP contribution in [0.25, 0.3) is 0 Å². The van der Waals surface area contributed by atoms with Crippen LogP contribution in [0.1, 0.15) is 27.1 Å². The van der Waals surface area contributed by atoms with Crippen LogP contribution >= 0.6 is 47.8 Å². The van der Waals surface area contributed by atoms with E-state index < -0.39 is 0 Å². The highest BCUT2D eigenvalue weighted by Crippen LogP contribution is 2.37. The summed E-state index contributed by atoms with van der Waals surface area (Å²) >= 11 is 10.9. The molecule has 1 nitrogen and oxygen atoms in total. The van der Waals surface area contributed by atoms with Gasteiger partial charge in [0, 0.05) is 8.95 Å². The van der Waals surface area contributed by atoms with Crippen molar-refractivity contribution in [3.8, 4) is 0 Å². The van der Waals surface area contributed by atoms with E-state index in [1.165, 1.54) is 22.3 Å². The van der Waals surface area contributed by atoms with Crippen molar-refractivity contribution < 1.29 is 4.74 Å². The molecule has 98 valence electrons. The van der Waals surface area contributed by atoms with Gasteiger partial charge in [0.1, 0.15) is 0 Å². The average Bonchev–Trinajstić information content (AvgIpc) is 2.85. The summed E-state index contributed by atoms with van der Waals surface area (Å²) in [6, 6.07) is 12.8. The van der Waals surface area contributed by atoms with Gasteiger partial charge in [-0.3, -0.25) is 0 Å². The van der Waals surface area contributed by atoms with E-state index in [0.717, 1.165) is 22.2 Å². The minimum Gasteiger partial charge on any atom is -0.372 e. The molecule has 0 spiro atoms.